The fraction of sp³-hybridized carbons (Fsp3) is 0.167. The molecule has 0 radical (unpaired) electrons. The lowest BCUT2D eigenvalue weighted by molar-refractivity contribution is 0.938. The predicted octanol–water partition coefficient (Wildman–Crippen LogP) is 2.02. The van der Waals surface area contributed by atoms with Crippen LogP contribution in [0.2, 0.25) is 0 Å². The van der Waals surface area contributed by atoms with E-state index in [1.54, 1.807) is 6.33 Å². The van der Waals surface area contributed by atoms with Gasteiger partial charge in [-0.05, 0) is 12.1 Å². The van der Waals surface area contributed by atoms with Crippen LogP contribution >= 0.6 is 0 Å². The first-order valence-electron chi connectivity index (χ1n) is 5.20. The molecule has 0 aliphatic carbocycles. The number of anilines is 3. The van der Waals surface area contributed by atoms with Crippen LogP contribution in [0.5, 0.6) is 0 Å². The first kappa shape index (κ1) is 9.15. The first-order chi connectivity index (χ1) is 7.86. The van der Waals surface area contributed by atoms with Gasteiger partial charge in [0.2, 0.25) is 0 Å². The Hall–Kier alpha value is -2.10. The second kappa shape index (κ2) is 3.48. The normalized spacial score (nSPS) is 14.1. The van der Waals surface area contributed by atoms with Crippen LogP contribution in [0.3, 0.4) is 0 Å². The van der Waals surface area contributed by atoms with Crippen LogP contribution in [0.15, 0.2) is 42.9 Å². The molecule has 0 atom stereocenters. The van der Waals surface area contributed by atoms with Gasteiger partial charge in [-0.25, -0.2) is 9.97 Å². The van der Waals surface area contributed by atoms with Crippen LogP contribution in [-0.4, -0.2) is 23.7 Å². The van der Waals surface area contributed by atoms with E-state index < -0.39 is 0 Å². The topological polar surface area (TPSA) is 32.3 Å². The summed E-state index contributed by atoms with van der Waals surface area (Å²) in [5, 5.41) is 0. The molecule has 1 aliphatic heterocycles. The lowest BCUT2D eigenvalue weighted by atomic mass is 10.3. The number of hydrogen-bond donors (Lipinski definition) is 0. The second-order valence-electron chi connectivity index (χ2n) is 3.83. The molecule has 4 heteroatoms. The molecular weight excluding hydrogens is 200 g/mol. The highest BCUT2D eigenvalue weighted by Crippen LogP contribution is 2.36. The zero-order chi connectivity index (χ0) is 11.0. The summed E-state index contributed by atoms with van der Waals surface area (Å²) in [6.45, 7) is 0.817. The molecule has 1 aliphatic rings. The quantitative estimate of drug-likeness (QED) is 0.724. The molecular formula is C12H12N4. The summed E-state index contributed by atoms with van der Waals surface area (Å²) in [6, 6.07) is 10.3. The molecule has 3 rings (SSSR count). The highest BCUT2D eigenvalue weighted by Gasteiger charge is 2.25. The lowest BCUT2D eigenvalue weighted by Gasteiger charge is -2.18. The fourth-order valence-electron chi connectivity index (χ4n) is 1.98. The van der Waals surface area contributed by atoms with Crippen LogP contribution in [-0.2, 0) is 0 Å². The Balaban J connectivity index is 2.07. The van der Waals surface area contributed by atoms with E-state index in [1.807, 2.05) is 31.4 Å². The minimum atomic E-state index is 0.817. The van der Waals surface area contributed by atoms with Crippen molar-refractivity contribution in [2.75, 3.05) is 23.5 Å². The zero-order valence-electron chi connectivity index (χ0n) is 9.04. The van der Waals surface area contributed by atoms with Gasteiger partial charge in [0, 0.05) is 12.7 Å². The molecule has 2 aromatic rings. The van der Waals surface area contributed by atoms with E-state index in [-0.39, 0.29) is 0 Å². The van der Waals surface area contributed by atoms with Gasteiger partial charge in [0.15, 0.2) is 5.82 Å². The van der Waals surface area contributed by atoms with Gasteiger partial charge in [-0.15, -0.1) is 0 Å². The van der Waals surface area contributed by atoms with Crippen molar-refractivity contribution in [2.45, 2.75) is 0 Å². The molecule has 16 heavy (non-hydrogen) atoms. The van der Waals surface area contributed by atoms with Gasteiger partial charge in [-0.3, -0.25) is 0 Å². The Bertz CT molecular complexity index is 497. The molecule has 2 heterocycles. The molecule has 0 bridgehead atoms. The third-order valence-corrected chi connectivity index (χ3v) is 2.75. The largest absolute Gasteiger partial charge is 0.340 e. The van der Waals surface area contributed by atoms with Crippen molar-refractivity contribution < 1.29 is 0 Å². The summed E-state index contributed by atoms with van der Waals surface area (Å²) in [6.07, 6.45) is 3.45. The van der Waals surface area contributed by atoms with Gasteiger partial charge in [-0.2, -0.15) is 0 Å². The molecule has 0 N–H and O–H groups in total. The van der Waals surface area contributed by atoms with Crippen molar-refractivity contribution in [1.82, 2.24) is 9.97 Å². The Kier molecular flexibility index (Phi) is 1.99. The van der Waals surface area contributed by atoms with Crippen LogP contribution in [0.1, 0.15) is 0 Å². The van der Waals surface area contributed by atoms with Crippen molar-refractivity contribution in [3.8, 4) is 0 Å². The zero-order valence-corrected chi connectivity index (χ0v) is 9.04. The number of aromatic nitrogens is 2. The molecule has 1 aromatic heterocycles. The maximum absolute atomic E-state index is 4.29. The van der Waals surface area contributed by atoms with Gasteiger partial charge in [-0.1, -0.05) is 18.2 Å². The van der Waals surface area contributed by atoms with Gasteiger partial charge < -0.3 is 9.80 Å². The molecule has 80 valence electrons. The summed E-state index contributed by atoms with van der Waals surface area (Å²) in [5.74, 6) is 0.985. The number of hydrogen-bond acceptors (Lipinski definition) is 4. The van der Waals surface area contributed by atoms with Crippen LogP contribution < -0.4 is 9.80 Å². The smallest absolute Gasteiger partial charge is 0.157 e. The lowest BCUT2D eigenvalue weighted by Crippen LogP contribution is -2.24. The average molecular weight is 212 g/mol. The highest BCUT2D eigenvalue weighted by atomic mass is 15.4. The Morgan fingerprint density at radius 3 is 2.81 bits per heavy atom. The maximum Gasteiger partial charge on any atom is 0.157 e. The summed E-state index contributed by atoms with van der Waals surface area (Å²) >= 11 is 0. The molecule has 1 aromatic carbocycles. The highest BCUT2D eigenvalue weighted by molar-refractivity contribution is 5.78. The van der Waals surface area contributed by atoms with Crippen molar-refractivity contribution >= 4 is 17.2 Å². The number of fused-ring (bicyclic) bond motifs is 1. The minimum Gasteiger partial charge on any atom is -0.340 e. The van der Waals surface area contributed by atoms with Crippen molar-refractivity contribution in [3.05, 3.63) is 42.9 Å². The summed E-state index contributed by atoms with van der Waals surface area (Å²) in [7, 11) is 2.04. The van der Waals surface area contributed by atoms with E-state index in [0.717, 1.165) is 18.2 Å². The van der Waals surface area contributed by atoms with Crippen LogP contribution in [0, 0.1) is 0 Å². The van der Waals surface area contributed by atoms with E-state index in [0.29, 0.717) is 0 Å². The van der Waals surface area contributed by atoms with E-state index in [4.69, 9.17) is 0 Å². The Morgan fingerprint density at radius 2 is 2.00 bits per heavy atom. The number of nitrogens with zero attached hydrogens (tertiary/aromatic N) is 4. The summed E-state index contributed by atoms with van der Waals surface area (Å²) in [4.78, 5) is 12.7. The van der Waals surface area contributed by atoms with E-state index >= 15 is 0 Å². The third-order valence-electron chi connectivity index (χ3n) is 2.75. The van der Waals surface area contributed by atoms with Crippen LogP contribution in [0.4, 0.5) is 17.2 Å². The van der Waals surface area contributed by atoms with E-state index in [9.17, 15) is 0 Å². The molecule has 0 saturated heterocycles. The Labute approximate surface area is 94.2 Å². The first-order valence-corrected chi connectivity index (χ1v) is 5.20. The van der Waals surface area contributed by atoms with Gasteiger partial charge in [0.05, 0.1) is 12.9 Å². The fourth-order valence-corrected chi connectivity index (χ4v) is 1.98. The maximum atomic E-state index is 4.29. The monoisotopic (exact) mass is 212 g/mol. The van der Waals surface area contributed by atoms with Gasteiger partial charge in [0.25, 0.3) is 0 Å². The molecule has 0 saturated carbocycles. The van der Waals surface area contributed by atoms with E-state index in [2.05, 4.69) is 31.9 Å². The molecule has 0 spiro atoms. The predicted molar refractivity (Wildman–Crippen MR) is 63.9 cm³/mol. The van der Waals surface area contributed by atoms with Crippen LogP contribution in [0.25, 0.3) is 0 Å². The number of benzene rings is 1. The molecule has 4 nitrogen and oxygen atoms in total. The summed E-state index contributed by atoms with van der Waals surface area (Å²) in [5.41, 5.74) is 2.24. The van der Waals surface area contributed by atoms with Gasteiger partial charge >= 0.3 is 0 Å². The Morgan fingerprint density at radius 1 is 1.19 bits per heavy atom. The number of rotatable bonds is 1. The minimum absolute atomic E-state index is 0.817. The SMILES string of the molecule is CN1CN(c2ccccc2)c2cncnc21. The van der Waals surface area contributed by atoms with Crippen molar-refractivity contribution in [1.29, 1.82) is 0 Å². The molecule has 0 fully saturated rings. The molecule has 0 amide bonds. The standard InChI is InChI=1S/C12H12N4/c1-15-9-16(10-5-3-2-4-6-10)11-7-13-8-14-12(11)15/h2-8H,9H2,1H3. The van der Waals surface area contributed by atoms with Crippen molar-refractivity contribution in [2.24, 2.45) is 0 Å². The van der Waals surface area contributed by atoms with Crippen molar-refractivity contribution in [3.63, 3.8) is 0 Å². The van der Waals surface area contributed by atoms with Gasteiger partial charge in [0.1, 0.15) is 12.0 Å². The second-order valence-corrected chi connectivity index (χ2v) is 3.83. The average Bonchev–Trinajstić information content (AvgIpc) is 2.69. The molecule has 0 unspecified atom stereocenters. The third kappa shape index (κ3) is 1.31. The van der Waals surface area contributed by atoms with E-state index in [1.165, 1.54) is 5.69 Å². The summed E-state index contributed by atoms with van der Waals surface area (Å²) < 4.78 is 0. The number of para-hydroxylation sites is 1.